The molecule has 0 amide bonds. The first-order valence-electron chi connectivity index (χ1n) is 6.36. The van der Waals surface area contributed by atoms with Gasteiger partial charge in [0.1, 0.15) is 5.82 Å². The molecule has 0 aliphatic carbocycles. The fourth-order valence-electron chi connectivity index (χ4n) is 2.46. The molecule has 2 nitrogen and oxygen atoms in total. The van der Waals surface area contributed by atoms with E-state index in [0.29, 0.717) is 0 Å². The summed E-state index contributed by atoms with van der Waals surface area (Å²) < 4.78 is 12.8. The molecule has 0 radical (unpaired) electrons. The van der Waals surface area contributed by atoms with Gasteiger partial charge in [0.25, 0.3) is 0 Å². The Morgan fingerprint density at radius 2 is 1.71 bits per heavy atom. The fraction of sp³-hybridized carbons (Fsp3) is 0.571. The highest BCUT2D eigenvalue weighted by molar-refractivity contribution is 5.19. The molecule has 1 aromatic rings. The van der Waals surface area contributed by atoms with E-state index >= 15 is 0 Å². The molecule has 1 aliphatic rings. The molecule has 1 heterocycles. The zero-order valence-electron chi connectivity index (χ0n) is 10.3. The van der Waals surface area contributed by atoms with Gasteiger partial charge in [-0.3, -0.25) is 4.90 Å². The molecule has 1 aliphatic heterocycles. The average Bonchev–Trinajstić information content (AvgIpc) is 2.39. The molecular formula is C14H20FNO. The summed E-state index contributed by atoms with van der Waals surface area (Å²) in [7, 11) is 0. The van der Waals surface area contributed by atoms with Crippen molar-refractivity contribution >= 4 is 0 Å². The molecule has 0 aromatic heterocycles. The fourth-order valence-corrected chi connectivity index (χ4v) is 2.46. The summed E-state index contributed by atoms with van der Waals surface area (Å²) in [6.45, 7) is 4.15. The van der Waals surface area contributed by atoms with Gasteiger partial charge in [0, 0.05) is 6.04 Å². The Balaban J connectivity index is 2.02. The molecule has 17 heavy (non-hydrogen) atoms. The molecule has 1 fully saturated rings. The summed E-state index contributed by atoms with van der Waals surface area (Å²) in [6, 6.07) is 6.24. The molecule has 94 valence electrons. The Bertz CT molecular complexity index is 346. The third-order valence-corrected chi connectivity index (χ3v) is 3.64. The molecular weight excluding hydrogens is 217 g/mol. The van der Waals surface area contributed by atoms with Crippen LogP contribution in [0.15, 0.2) is 24.3 Å². The van der Waals surface area contributed by atoms with Crippen LogP contribution >= 0.6 is 0 Å². The van der Waals surface area contributed by atoms with Crippen molar-refractivity contribution in [3.8, 4) is 0 Å². The predicted octanol–water partition coefficient (Wildman–Crippen LogP) is 2.73. The minimum atomic E-state index is -0.534. The number of rotatable bonds is 3. The third kappa shape index (κ3) is 3.05. The number of piperidine rings is 1. The van der Waals surface area contributed by atoms with Gasteiger partial charge in [-0.15, -0.1) is 0 Å². The van der Waals surface area contributed by atoms with E-state index in [2.05, 4.69) is 4.90 Å². The maximum Gasteiger partial charge on any atom is 0.123 e. The van der Waals surface area contributed by atoms with Gasteiger partial charge in [0.05, 0.1) is 6.10 Å². The number of hydrogen-bond acceptors (Lipinski definition) is 2. The van der Waals surface area contributed by atoms with Gasteiger partial charge in [0.15, 0.2) is 0 Å². The molecule has 2 atom stereocenters. The number of aliphatic hydroxyl groups is 1. The van der Waals surface area contributed by atoms with Crippen LogP contribution in [-0.4, -0.2) is 29.1 Å². The highest BCUT2D eigenvalue weighted by Gasteiger charge is 2.24. The molecule has 2 rings (SSSR count). The second-order valence-corrected chi connectivity index (χ2v) is 4.83. The Hall–Kier alpha value is -0.930. The van der Waals surface area contributed by atoms with Crippen molar-refractivity contribution in [2.45, 2.75) is 38.3 Å². The van der Waals surface area contributed by atoms with Crippen LogP contribution in [0.2, 0.25) is 0 Å². The summed E-state index contributed by atoms with van der Waals surface area (Å²) in [5.41, 5.74) is 0.796. The maximum absolute atomic E-state index is 12.8. The number of nitrogens with zero attached hydrogens (tertiary/aromatic N) is 1. The second-order valence-electron chi connectivity index (χ2n) is 4.83. The number of benzene rings is 1. The SMILES string of the molecule is C[C@@H]([C@H](O)c1ccc(F)cc1)N1CCCCC1. The molecule has 0 saturated carbocycles. The lowest BCUT2D eigenvalue weighted by molar-refractivity contribution is 0.0470. The third-order valence-electron chi connectivity index (χ3n) is 3.64. The van der Waals surface area contributed by atoms with Gasteiger partial charge in [-0.25, -0.2) is 4.39 Å². The summed E-state index contributed by atoms with van der Waals surface area (Å²) in [5, 5.41) is 10.3. The van der Waals surface area contributed by atoms with Crippen LogP contribution in [0.4, 0.5) is 4.39 Å². The van der Waals surface area contributed by atoms with Crippen LogP contribution in [-0.2, 0) is 0 Å². The minimum Gasteiger partial charge on any atom is -0.387 e. The van der Waals surface area contributed by atoms with E-state index in [4.69, 9.17) is 0 Å². The van der Waals surface area contributed by atoms with E-state index in [1.165, 1.54) is 31.4 Å². The van der Waals surface area contributed by atoms with Crippen molar-refractivity contribution in [1.29, 1.82) is 0 Å². The largest absolute Gasteiger partial charge is 0.387 e. The normalized spacial score (nSPS) is 21.1. The van der Waals surface area contributed by atoms with E-state index in [0.717, 1.165) is 18.7 Å². The lowest BCUT2D eigenvalue weighted by Gasteiger charge is -2.35. The van der Waals surface area contributed by atoms with E-state index in [9.17, 15) is 9.50 Å². The highest BCUT2D eigenvalue weighted by Crippen LogP contribution is 2.23. The van der Waals surface area contributed by atoms with Gasteiger partial charge in [-0.1, -0.05) is 18.6 Å². The van der Waals surface area contributed by atoms with Crippen molar-refractivity contribution < 1.29 is 9.50 Å². The lowest BCUT2D eigenvalue weighted by Crippen LogP contribution is -2.40. The zero-order chi connectivity index (χ0) is 12.3. The van der Waals surface area contributed by atoms with Crippen LogP contribution < -0.4 is 0 Å². The second kappa shape index (κ2) is 5.61. The summed E-state index contributed by atoms with van der Waals surface area (Å²) in [5.74, 6) is -0.258. The number of hydrogen-bond donors (Lipinski definition) is 1. The van der Waals surface area contributed by atoms with Crippen LogP contribution in [0.1, 0.15) is 37.9 Å². The minimum absolute atomic E-state index is 0.0979. The Labute approximate surface area is 102 Å². The Kier molecular flexibility index (Phi) is 4.13. The Morgan fingerprint density at radius 1 is 1.12 bits per heavy atom. The van der Waals surface area contributed by atoms with Crippen molar-refractivity contribution in [2.75, 3.05) is 13.1 Å². The molecule has 0 unspecified atom stereocenters. The number of aliphatic hydroxyl groups excluding tert-OH is 1. The first-order chi connectivity index (χ1) is 8.18. The standard InChI is InChI=1S/C14H20FNO/c1-11(16-9-3-2-4-10-16)14(17)12-5-7-13(15)8-6-12/h5-8,11,14,17H,2-4,9-10H2,1H3/t11-,14-/m0/s1. The molecule has 0 spiro atoms. The number of likely N-dealkylation sites (tertiary alicyclic amines) is 1. The van der Waals surface area contributed by atoms with Gasteiger partial charge >= 0.3 is 0 Å². The molecule has 1 N–H and O–H groups in total. The van der Waals surface area contributed by atoms with E-state index in [1.54, 1.807) is 12.1 Å². The lowest BCUT2D eigenvalue weighted by atomic mass is 10.00. The monoisotopic (exact) mass is 237 g/mol. The zero-order valence-corrected chi connectivity index (χ0v) is 10.3. The van der Waals surface area contributed by atoms with Gasteiger partial charge in [-0.05, 0) is 50.6 Å². The summed E-state index contributed by atoms with van der Waals surface area (Å²) in [4.78, 5) is 2.32. The molecule has 0 bridgehead atoms. The summed E-state index contributed by atoms with van der Waals surface area (Å²) >= 11 is 0. The van der Waals surface area contributed by atoms with Crippen molar-refractivity contribution in [1.82, 2.24) is 4.90 Å². The Morgan fingerprint density at radius 3 is 2.29 bits per heavy atom. The van der Waals surface area contributed by atoms with Crippen molar-refractivity contribution in [3.05, 3.63) is 35.6 Å². The molecule has 3 heteroatoms. The summed E-state index contributed by atoms with van der Waals surface area (Å²) in [6.07, 6.45) is 3.17. The van der Waals surface area contributed by atoms with Crippen LogP contribution in [0, 0.1) is 5.82 Å². The van der Waals surface area contributed by atoms with Crippen LogP contribution in [0.3, 0.4) is 0 Å². The van der Waals surface area contributed by atoms with Crippen LogP contribution in [0.25, 0.3) is 0 Å². The van der Waals surface area contributed by atoms with Gasteiger partial charge in [0.2, 0.25) is 0 Å². The number of halogens is 1. The smallest absolute Gasteiger partial charge is 0.123 e. The van der Waals surface area contributed by atoms with E-state index in [-0.39, 0.29) is 11.9 Å². The highest BCUT2D eigenvalue weighted by atomic mass is 19.1. The van der Waals surface area contributed by atoms with Crippen molar-refractivity contribution in [3.63, 3.8) is 0 Å². The quantitative estimate of drug-likeness (QED) is 0.873. The van der Waals surface area contributed by atoms with E-state index in [1.807, 2.05) is 6.92 Å². The van der Waals surface area contributed by atoms with Crippen LogP contribution in [0.5, 0.6) is 0 Å². The van der Waals surface area contributed by atoms with Crippen molar-refractivity contribution in [2.24, 2.45) is 0 Å². The molecule has 1 aromatic carbocycles. The first kappa shape index (κ1) is 12.5. The molecule has 1 saturated heterocycles. The predicted molar refractivity (Wildman–Crippen MR) is 66.2 cm³/mol. The van der Waals surface area contributed by atoms with Gasteiger partial charge < -0.3 is 5.11 Å². The average molecular weight is 237 g/mol. The van der Waals surface area contributed by atoms with Gasteiger partial charge in [-0.2, -0.15) is 0 Å². The van der Waals surface area contributed by atoms with E-state index < -0.39 is 6.10 Å². The topological polar surface area (TPSA) is 23.5 Å². The maximum atomic E-state index is 12.8. The first-order valence-corrected chi connectivity index (χ1v) is 6.36.